The minimum absolute atomic E-state index is 0.776. The third-order valence-electron chi connectivity index (χ3n) is 2.23. The van der Waals surface area contributed by atoms with Gasteiger partial charge in [0.05, 0.1) is 5.69 Å². The van der Waals surface area contributed by atoms with E-state index >= 15 is 0 Å². The number of benzene rings is 1. The van der Waals surface area contributed by atoms with Gasteiger partial charge in [0.15, 0.2) is 0 Å². The van der Waals surface area contributed by atoms with E-state index in [1.807, 2.05) is 37.5 Å². The Balaban J connectivity index is 1.96. The summed E-state index contributed by atoms with van der Waals surface area (Å²) >= 11 is 5.81. The molecule has 0 amide bonds. The number of aryl methyl sites for hydroxylation is 3. The predicted octanol–water partition coefficient (Wildman–Crippen LogP) is 2.25. The van der Waals surface area contributed by atoms with Gasteiger partial charge in [-0.3, -0.25) is 4.68 Å². The predicted molar refractivity (Wildman–Crippen MR) is 59.9 cm³/mol. The zero-order chi connectivity index (χ0) is 10.7. The van der Waals surface area contributed by atoms with Gasteiger partial charge in [-0.2, -0.15) is 0 Å². The summed E-state index contributed by atoms with van der Waals surface area (Å²) in [5, 5.41) is 8.70. The zero-order valence-corrected chi connectivity index (χ0v) is 9.28. The van der Waals surface area contributed by atoms with Gasteiger partial charge < -0.3 is 0 Å². The summed E-state index contributed by atoms with van der Waals surface area (Å²) in [7, 11) is 1.87. The van der Waals surface area contributed by atoms with Crippen LogP contribution < -0.4 is 0 Å². The van der Waals surface area contributed by atoms with Crippen molar-refractivity contribution in [2.75, 3.05) is 0 Å². The van der Waals surface area contributed by atoms with Crippen LogP contribution in [-0.2, 0) is 19.9 Å². The molecule has 2 aromatic rings. The molecule has 2 rings (SSSR count). The first-order valence-electron chi connectivity index (χ1n) is 4.84. The lowest BCUT2D eigenvalue weighted by atomic mass is 10.1. The molecule has 0 saturated heterocycles. The van der Waals surface area contributed by atoms with Crippen molar-refractivity contribution in [3.05, 3.63) is 46.7 Å². The SMILES string of the molecule is Cn1cc(CCc2ccc(Cl)cc2)nn1. The van der Waals surface area contributed by atoms with Gasteiger partial charge in [-0.25, -0.2) is 0 Å². The van der Waals surface area contributed by atoms with Crippen molar-refractivity contribution in [2.24, 2.45) is 7.05 Å². The molecule has 0 aliphatic carbocycles. The number of aromatic nitrogens is 3. The molecule has 0 aliphatic heterocycles. The van der Waals surface area contributed by atoms with Crippen LogP contribution in [0, 0.1) is 0 Å². The first-order valence-corrected chi connectivity index (χ1v) is 5.21. The molecule has 1 aromatic heterocycles. The van der Waals surface area contributed by atoms with Crippen LogP contribution in [0.4, 0.5) is 0 Å². The highest BCUT2D eigenvalue weighted by Crippen LogP contribution is 2.11. The van der Waals surface area contributed by atoms with Gasteiger partial charge in [0.2, 0.25) is 0 Å². The molecule has 0 unspecified atom stereocenters. The van der Waals surface area contributed by atoms with Crippen molar-refractivity contribution >= 4 is 11.6 Å². The van der Waals surface area contributed by atoms with Crippen molar-refractivity contribution in [3.8, 4) is 0 Å². The summed E-state index contributed by atoms with van der Waals surface area (Å²) in [6.07, 6.45) is 3.82. The number of hydrogen-bond donors (Lipinski definition) is 0. The van der Waals surface area contributed by atoms with Gasteiger partial charge in [-0.15, -0.1) is 5.10 Å². The summed E-state index contributed by atoms with van der Waals surface area (Å²) < 4.78 is 1.72. The van der Waals surface area contributed by atoms with Crippen LogP contribution in [0.5, 0.6) is 0 Å². The Hall–Kier alpha value is -1.35. The van der Waals surface area contributed by atoms with E-state index in [9.17, 15) is 0 Å². The lowest BCUT2D eigenvalue weighted by Gasteiger charge is -1.98. The maximum Gasteiger partial charge on any atom is 0.0830 e. The lowest BCUT2D eigenvalue weighted by Crippen LogP contribution is -1.91. The number of hydrogen-bond acceptors (Lipinski definition) is 2. The fraction of sp³-hybridized carbons (Fsp3) is 0.273. The monoisotopic (exact) mass is 221 g/mol. The molecule has 78 valence electrons. The highest BCUT2D eigenvalue weighted by molar-refractivity contribution is 6.30. The molecule has 1 aromatic carbocycles. The largest absolute Gasteiger partial charge is 0.255 e. The average Bonchev–Trinajstić information content (AvgIpc) is 2.64. The summed E-state index contributed by atoms with van der Waals surface area (Å²) in [4.78, 5) is 0. The summed E-state index contributed by atoms with van der Waals surface area (Å²) in [6, 6.07) is 7.90. The molecular formula is C11H12ClN3. The van der Waals surface area contributed by atoms with Crippen LogP contribution in [0.25, 0.3) is 0 Å². The van der Waals surface area contributed by atoms with E-state index in [-0.39, 0.29) is 0 Å². The molecule has 3 nitrogen and oxygen atoms in total. The third kappa shape index (κ3) is 2.80. The Bertz CT molecular complexity index is 433. The molecule has 4 heteroatoms. The highest BCUT2D eigenvalue weighted by atomic mass is 35.5. The normalized spacial score (nSPS) is 10.5. The molecule has 0 saturated carbocycles. The minimum Gasteiger partial charge on any atom is -0.255 e. The number of halogens is 1. The van der Waals surface area contributed by atoms with Crippen LogP contribution in [-0.4, -0.2) is 15.0 Å². The lowest BCUT2D eigenvalue weighted by molar-refractivity contribution is 0.713. The van der Waals surface area contributed by atoms with E-state index in [1.165, 1.54) is 5.56 Å². The van der Waals surface area contributed by atoms with Crippen LogP contribution in [0.1, 0.15) is 11.3 Å². The number of rotatable bonds is 3. The van der Waals surface area contributed by atoms with E-state index in [0.717, 1.165) is 23.6 Å². The van der Waals surface area contributed by atoms with Gasteiger partial charge in [-0.1, -0.05) is 28.9 Å². The summed E-state index contributed by atoms with van der Waals surface area (Å²) in [6.45, 7) is 0. The van der Waals surface area contributed by atoms with Crippen molar-refractivity contribution < 1.29 is 0 Å². The second-order valence-electron chi connectivity index (χ2n) is 3.51. The van der Waals surface area contributed by atoms with Crippen molar-refractivity contribution in [3.63, 3.8) is 0 Å². The molecule has 0 bridgehead atoms. The van der Waals surface area contributed by atoms with E-state index in [4.69, 9.17) is 11.6 Å². The Morgan fingerprint density at radius 1 is 1.20 bits per heavy atom. The Kier molecular flexibility index (Phi) is 3.02. The van der Waals surface area contributed by atoms with E-state index < -0.39 is 0 Å². The maximum absolute atomic E-state index is 5.81. The summed E-state index contributed by atoms with van der Waals surface area (Å²) in [5.41, 5.74) is 2.29. The standard InChI is InChI=1S/C11H12ClN3/c1-15-8-11(13-14-15)7-4-9-2-5-10(12)6-3-9/h2-3,5-6,8H,4,7H2,1H3. The molecule has 1 heterocycles. The molecule has 0 fully saturated rings. The maximum atomic E-state index is 5.81. The molecule has 0 spiro atoms. The van der Waals surface area contributed by atoms with Crippen molar-refractivity contribution in [1.82, 2.24) is 15.0 Å². The van der Waals surface area contributed by atoms with Crippen LogP contribution in [0.3, 0.4) is 0 Å². The Morgan fingerprint density at radius 2 is 1.93 bits per heavy atom. The van der Waals surface area contributed by atoms with Gasteiger partial charge in [0.1, 0.15) is 0 Å². The smallest absolute Gasteiger partial charge is 0.0830 e. The van der Waals surface area contributed by atoms with E-state index in [0.29, 0.717) is 0 Å². The third-order valence-corrected chi connectivity index (χ3v) is 2.49. The van der Waals surface area contributed by atoms with Gasteiger partial charge in [0.25, 0.3) is 0 Å². The molecule has 0 radical (unpaired) electrons. The zero-order valence-electron chi connectivity index (χ0n) is 8.52. The van der Waals surface area contributed by atoms with Crippen LogP contribution >= 0.6 is 11.6 Å². The minimum atomic E-state index is 0.776. The van der Waals surface area contributed by atoms with Crippen molar-refractivity contribution in [2.45, 2.75) is 12.8 Å². The molecule has 0 aliphatic rings. The van der Waals surface area contributed by atoms with Gasteiger partial charge >= 0.3 is 0 Å². The number of nitrogens with zero attached hydrogens (tertiary/aromatic N) is 3. The molecular weight excluding hydrogens is 210 g/mol. The first-order chi connectivity index (χ1) is 7.24. The quantitative estimate of drug-likeness (QED) is 0.796. The highest BCUT2D eigenvalue weighted by Gasteiger charge is 1.99. The fourth-order valence-electron chi connectivity index (χ4n) is 1.43. The Morgan fingerprint density at radius 3 is 2.53 bits per heavy atom. The van der Waals surface area contributed by atoms with Gasteiger partial charge in [-0.05, 0) is 30.5 Å². The second-order valence-corrected chi connectivity index (χ2v) is 3.95. The van der Waals surface area contributed by atoms with Crippen molar-refractivity contribution in [1.29, 1.82) is 0 Å². The molecule has 0 atom stereocenters. The average molecular weight is 222 g/mol. The topological polar surface area (TPSA) is 30.7 Å². The van der Waals surface area contributed by atoms with Crippen LogP contribution in [0.2, 0.25) is 5.02 Å². The van der Waals surface area contributed by atoms with E-state index in [1.54, 1.807) is 4.68 Å². The summed E-state index contributed by atoms with van der Waals surface area (Å²) in [5.74, 6) is 0. The second kappa shape index (κ2) is 4.45. The van der Waals surface area contributed by atoms with Crippen LogP contribution in [0.15, 0.2) is 30.5 Å². The first kappa shape index (κ1) is 10.2. The molecule has 0 N–H and O–H groups in total. The molecule has 15 heavy (non-hydrogen) atoms. The Labute approximate surface area is 93.7 Å². The van der Waals surface area contributed by atoms with E-state index in [2.05, 4.69) is 10.3 Å². The van der Waals surface area contributed by atoms with Gasteiger partial charge in [0, 0.05) is 18.3 Å². The fourth-order valence-corrected chi connectivity index (χ4v) is 1.56.